The number of fused-ring (bicyclic) bond motifs is 14. The van der Waals surface area contributed by atoms with Crippen LogP contribution in [0.2, 0.25) is 0 Å². The molecule has 0 N–H and O–H groups in total. The van der Waals surface area contributed by atoms with Crippen LogP contribution in [0.3, 0.4) is 0 Å². The minimum absolute atomic E-state index is 0.0897. The van der Waals surface area contributed by atoms with E-state index in [1.165, 1.54) is 69.4 Å². The summed E-state index contributed by atoms with van der Waals surface area (Å²) in [5.74, 6) is 3.32. The molecule has 0 bridgehead atoms. The highest BCUT2D eigenvalue weighted by molar-refractivity contribution is 7.26. The number of nitrogens with zero attached hydrogens (tertiary/aromatic N) is 2. The van der Waals surface area contributed by atoms with Crippen molar-refractivity contribution >= 4 is 98.2 Å². The van der Waals surface area contributed by atoms with E-state index >= 15 is 0 Å². The van der Waals surface area contributed by atoms with Crippen molar-refractivity contribution in [2.24, 2.45) is 0 Å². The number of thiophene rings is 1. The summed E-state index contributed by atoms with van der Waals surface area (Å²) < 4.78 is 21.8. The van der Waals surface area contributed by atoms with Gasteiger partial charge in [-0.25, -0.2) is 0 Å². The van der Waals surface area contributed by atoms with Crippen molar-refractivity contribution in [2.75, 3.05) is 0 Å². The van der Waals surface area contributed by atoms with E-state index in [0.717, 1.165) is 72.9 Å². The van der Waals surface area contributed by atoms with Gasteiger partial charge in [-0.1, -0.05) is 166 Å². The Kier molecular flexibility index (Phi) is 8.27. The molecule has 0 atom stereocenters. The standard InChI is InChI=1S/C64H43BN2O2S/c1-64(2,3)49-37-48-46-22-12-15-25-54(46)67(62(48)63-60(49)47-29-26-41(33-59(47)70-63)39-18-8-5-9-19-39)42-28-31-51-56(34-42)69-58-36-43(66-52-23-13-10-20-44(52)45-21-11-14-24-53(45)66)35-57-61(58)65(51)50-30-27-40(32-55(50)68-57)38-16-6-4-7-17-38/h4-37H,1-3H3. The largest absolute Gasteiger partial charge is 0.458 e. The molecule has 3 aromatic heterocycles. The minimum Gasteiger partial charge on any atom is -0.458 e. The second-order valence-corrected chi connectivity index (χ2v) is 21.1. The monoisotopic (exact) mass is 914 g/mol. The normalized spacial score (nSPS) is 13.0. The maximum Gasteiger partial charge on any atom is 0.260 e. The molecular formula is C64H43BN2O2S. The Morgan fingerprint density at radius 1 is 0.414 bits per heavy atom. The molecule has 330 valence electrons. The third-order valence-electron chi connectivity index (χ3n) is 14.9. The molecular weight excluding hydrogens is 872 g/mol. The molecule has 2 aliphatic rings. The quantitative estimate of drug-likeness (QED) is 0.165. The fourth-order valence-corrected chi connectivity index (χ4v) is 13.1. The van der Waals surface area contributed by atoms with Gasteiger partial charge in [-0.05, 0) is 86.6 Å². The summed E-state index contributed by atoms with van der Waals surface area (Å²) in [6.07, 6.45) is 0. The average Bonchev–Trinajstić information content (AvgIpc) is 4.06. The Morgan fingerprint density at radius 3 is 1.56 bits per heavy atom. The van der Waals surface area contributed by atoms with Crippen LogP contribution in [0, 0.1) is 0 Å². The van der Waals surface area contributed by atoms with E-state index in [1.807, 2.05) is 11.3 Å². The van der Waals surface area contributed by atoms with Gasteiger partial charge in [-0.15, -0.1) is 11.3 Å². The van der Waals surface area contributed by atoms with Crippen molar-refractivity contribution in [1.29, 1.82) is 0 Å². The summed E-state index contributed by atoms with van der Waals surface area (Å²) >= 11 is 1.91. The zero-order valence-electron chi connectivity index (χ0n) is 38.8. The molecule has 0 radical (unpaired) electrons. The molecule has 0 fully saturated rings. The Bertz CT molecular complexity index is 4290. The number of rotatable bonds is 4. The topological polar surface area (TPSA) is 28.3 Å². The summed E-state index contributed by atoms with van der Waals surface area (Å²) in [5.41, 5.74) is 16.0. The van der Waals surface area contributed by atoms with Crippen molar-refractivity contribution in [2.45, 2.75) is 26.2 Å². The molecule has 6 heteroatoms. The molecule has 0 amide bonds. The third-order valence-corrected chi connectivity index (χ3v) is 16.1. The number of aromatic nitrogens is 2. The smallest absolute Gasteiger partial charge is 0.260 e. The van der Waals surface area contributed by atoms with E-state index in [0.29, 0.717) is 0 Å². The van der Waals surface area contributed by atoms with Crippen LogP contribution in [-0.2, 0) is 5.41 Å². The number of ether oxygens (including phenoxy) is 2. The first kappa shape index (κ1) is 39.7. The fraction of sp³-hybridized carbons (Fsp3) is 0.0625. The molecule has 0 saturated heterocycles. The van der Waals surface area contributed by atoms with Gasteiger partial charge in [0.05, 0.1) is 32.5 Å². The lowest BCUT2D eigenvalue weighted by molar-refractivity contribution is 0.464. The molecule has 0 spiro atoms. The van der Waals surface area contributed by atoms with Crippen LogP contribution < -0.4 is 25.9 Å². The van der Waals surface area contributed by atoms with Crippen LogP contribution in [0.15, 0.2) is 206 Å². The summed E-state index contributed by atoms with van der Waals surface area (Å²) in [4.78, 5) is 0. The van der Waals surface area contributed by atoms with Crippen LogP contribution in [-0.4, -0.2) is 15.8 Å². The van der Waals surface area contributed by atoms with E-state index in [-0.39, 0.29) is 12.1 Å². The van der Waals surface area contributed by atoms with Gasteiger partial charge in [-0.3, -0.25) is 0 Å². The van der Waals surface area contributed by atoms with E-state index in [1.54, 1.807) is 0 Å². The van der Waals surface area contributed by atoms with Gasteiger partial charge < -0.3 is 18.6 Å². The fourth-order valence-electron chi connectivity index (χ4n) is 11.8. The SMILES string of the molecule is CC(C)(C)c1cc2c3ccccc3n(-c3ccc4c(c3)Oc3cc(-n5c6ccccc6c6ccccc65)cc5c3B4c3ccc(-c4ccccc4)cc3O5)c2c2sc3cc(-c4ccccc4)ccc3c12. The Hall–Kier alpha value is -8.32. The van der Waals surface area contributed by atoms with Crippen LogP contribution in [0.4, 0.5) is 0 Å². The average molecular weight is 915 g/mol. The lowest BCUT2D eigenvalue weighted by Gasteiger charge is -2.34. The zero-order chi connectivity index (χ0) is 46.4. The predicted molar refractivity (Wildman–Crippen MR) is 295 cm³/mol. The van der Waals surface area contributed by atoms with Gasteiger partial charge in [-0.2, -0.15) is 0 Å². The lowest BCUT2D eigenvalue weighted by Crippen LogP contribution is -2.57. The van der Waals surface area contributed by atoms with Gasteiger partial charge in [0, 0.05) is 66.4 Å². The lowest BCUT2D eigenvalue weighted by atomic mass is 9.35. The van der Waals surface area contributed by atoms with E-state index in [9.17, 15) is 0 Å². The Balaban J connectivity index is 0.974. The highest BCUT2D eigenvalue weighted by atomic mass is 32.1. The van der Waals surface area contributed by atoms with Crippen LogP contribution in [0.1, 0.15) is 26.3 Å². The van der Waals surface area contributed by atoms with Crippen molar-refractivity contribution < 1.29 is 9.47 Å². The molecule has 0 unspecified atom stereocenters. The van der Waals surface area contributed by atoms with Gasteiger partial charge in [0.25, 0.3) is 6.71 Å². The maximum absolute atomic E-state index is 7.31. The van der Waals surface area contributed by atoms with Gasteiger partial charge in [0.1, 0.15) is 23.0 Å². The van der Waals surface area contributed by atoms with Crippen LogP contribution in [0.25, 0.3) is 97.4 Å². The van der Waals surface area contributed by atoms with Gasteiger partial charge in [0.2, 0.25) is 0 Å². The second-order valence-electron chi connectivity index (χ2n) is 20.0. The summed E-state index contributed by atoms with van der Waals surface area (Å²) in [6, 6.07) is 75.1. The number of hydrogen-bond acceptors (Lipinski definition) is 3. The van der Waals surface area contributed by atoms with Crippen LogP contribution in [0.5, 0.6) is 23.0 Å². The van der Waals surface area contributed by atoms with E-state index in [4.69, 9.17) is 9.47 Å². The summed E-state index contributed by atoms with van der Waals surface area (Å²) in [5, 5.41) is 7.57. The molecule has 0 saturated carbocycles. The molecule has 2 aliphatic heterocycles. The highest BCUT2D eigenvalue weighted by Crippen LogP contribution is 2.49. The van der Waals surface area contributed by atoms with Crippen molar-refractivity contribution in [1.82, 2.24) is 9.13 Å². The number of para-hydroxylation sites is 3. The van der Waals surface area contributed by atoms with Gasteiger partial charge >= 0.3 is 0 Å². The summed E-state index contributed by atoms with van der Waals surface area (Å²) in [7, 11) is 0. The molecule has 15 rings (SSSR count). The second kappa shape index (κ2) is 14.6. The summed E-state index contributed by atoms with van der Waals surface area (Å²) in [6.45, 7) is 6.94. The third kappa shape index (κ3) is 5.71. The number of hydrogen-bond donors (Lipinski definition) is 0. The molecule has 70 heavy (non-hydrogen) atoms. The van der Waals surface area contributed by atoms with Crippen LogP contribution >= 0.6 is 11.3 Å². The van der Waals surface area contributed by atoms with Crippen molar-refractivity contribution in [3.05, 3.63) is 212 Å². The molecule has 4 nitrogen and oxygen atoms in total. The minimum atomic E-state index is -0.107. The number of benzene rings is 10. The first-order valence-corrected chi connectivity index (χ1v) is 25.0. The van der Waals surface area contributed by atoms with E-state index < -0.39 is 0 Å². The molecule has 13 aromatic rings. The molecule has 10 aromatic carbocycles. The van der Waals surface area contributed by atoms with Crippen molar-refractivity contribution in [3.8, 4) is 56.6 Å². The highest BCUT2D eigenvalue weighted by Gasteiger charge is 2.41. The first-order chi connectivity index (χ1) is 34.3. The maximum atomic E-state index is 7.31. The van der Waals surface area contributed by atoms with Crippen molar-refractivity contribution in [3.63, 3.8) is 0 Å². The molecule has 0 aliphatic carbocycles. The Labute approximate surface area is 409 Å². The zero-order valence-corrected chi connectivity index (χ0v) is 39.6. The van der Waals surface area contributed by atoms with E-state index in [2.05, 4.69) is 236 Å². The predicted octanol–water partition coefficient (Wildman–Crippen LogP) is 15.6. The first-order valence-electron chi connectivity index (χ1n) is 24.2. The Morgan fingerprint density at radius 2 is 0.929 bits per heavy atom. The molecule has 5 heterocycles. The van der Waals surface area contributed by atoms with Gasteiger partial charge in [0.15, 0.2) is 0 Å².